The molecule has 2 rings (SSSR count). The first-order valence-electron chi connectivity index (χ1n) is 6.32. The number of hydrogen-bond donors (Lipinski definition) is 2. The summed E-state index contributed by atoms with van der Waals surface area (Å²) in [5, 5.41) is 3.72. The zero-order valence-electron chi connectivity index (χ0n) is 10.0. The van der Waals surface area contributed by atoms with Crippen molar-refractivity contribution in [1.29, 1.82) is 0 Å². The molecule has 1 aliphatic carbocycles. The van der Waals surface area contributed by atoms with Crippen LogP contribution in [0.15, 0.2) is 12.1 Å². The van der Waals surface area contributed by atoms with E-state index < -0.39 is 0 Å². The number of nitrogens with two attached hydrogens (primary N) is 1. The van der Waals surface area contributed by atoms with Crippen LogP contribution in [0.2, 0.25) is 0 Å². The Morgan fingerprint density at radius 1 is 1.38 bits per heavy atom. The highest BCUT2D eigenvalue weighted by Gasteiger charge is 2.18. The second-order valence-corrected chi connectivity index (χ2v) is 6.06. The van der Waals surface area contributed by atoms with Crippen molar-refractivity contribution in [2.45, 2.75) is 51.1 Å². The van der Waals surface area contributed by atoms with Gasteiger partial charge in [-0.1, -0.05) is 19.3 Å². The first kappa shape index (κ1) is 12.1. The quantitative estimate of drug-likeness (QED) is 0.846. The van der Waals surface area contributed by atoms with Crippen molar-refractivity contribution in [3.63, 3.8) is 0 Å². The molecule has 16 heavy (non-hydrogen) atoms. The maximum absolute atomic E-state index is 5.88. The summed E-state index contributed by atoms with van der Waals surface area (Å²) in [4.78, 5) is 2.77. The predicted octanol–water partition coefficient (Wildman–Crippen LogP) is 2.98. The van der Waals surface area contributed by atoms with E-state index in [1.165, 1.54) is 41.9 Å². The van der Waals surface area contributed by atoms with Crippen molar-refractivity contribution in [2.24, 2.45) is 5.73 Å². The summed E-state index contributed by atoms with van der Waals surface area (Å²) >= 11 is 1.87. The molecule has 90 valence electrons. The highest BCUT2D eigenvalue weighted by molar-refractivity contribution is 7.12. The molecule has 0 aromatic carbocycles. The van der Waals surface area contributed by atoms with E-state index in [4.69, 9.17) is 5.73 Å². The van der Waals surface area contributed by atoms with Crippen molar-refractivity contribution in [3.8, 4) is 0 Å². The first-order chi connectivity index (χ1) is 7.79. The average Bonchev–Trinajstić information content (AvgIpc) is 2.74. The van der Waals surface area contributed by atoms with Crippen molar-refractivity contribution in [3.05, 3.63) is 21.9 Å². The van der Waals surface area contributed by atoms with E-state index in [1.54, 1.807) is 0 Å². The molecule has 3 heteroatoms. The lowest BCUT2D eigenvalue weighted by atomic mass is 9.95. The van der Waals surface area contributed by atoms with Gasteiger partial charge in [0.2, 0.25) is 0 Å². The van der Waals surface area contributed by atoms with Gasteiger partial charge in [0, 0.05) is 22.3 Å². The van der Waals surface area contributed by atoms with E-state index >= 15 is 0 Å². The molecule has 0 aliphatic heterocycles. The Bertz CT molecular complexity index is 315. The topological polar surface area (TPSA) is 38.0 Å². The van der Waals surface area contributed by atoms with E-state index in [0.717, 1.165) is 0 Å². The fourth-order valence-corrected chi connectivity index (χ4v) is 3.41. The summed E-state index contributed by atoms with van der Waals surface area (Å²) in [6.07, 6.45) is 6.79. The fraction of sp³-hybridized carbons (Fsp3) is 0.692. The van der Waals surface area contributed by atoms with Crippen LogP contribution in [0.5, 0.6) is 0 Å². The lowest BCUT2D eigenvalue weighted by molar-refractivity contribution is 0.342. The summed E-state index contributed by atoms with van der Waals surface area (Å²) in [6.45, 7) is 2.86. The van der Waals surface area contributed by atoms with Crippen molar-refractivity contribution < 1.29 is 0 Å². The summed E-state index contributed by atoms with van der Waals surface area (Å²) in [7, 11) is 0. The Morgan fingerprint density at radius 3 is 2.69 bits per heavy atom. The van der Waals surface area contributed by atoms with Gasteiger partial charge >= 0.3 is 0 Å². The van der Waals surface area contributed by atoms with Gasteiger partial charge in [0.05, 0.1) is 6.04 Å². The Balaban J connectivity index is 1.94. The van der Waals surface area contributed by atoms with Crippen LogP contribution in [-0.2, 0) is 0 Å². The minimum absolute atomic E-state index is 0.363. The first-order valence-corrected chi connectivity index (χ1v) is 7.13. The predicted molar refractivity (Wildman–Crippen MR) is 70.9 cm³/mol. The summed E-state index contributed by atoms with van der Waals surface area (Å²) in [5.41, 5.74) is 5.88. The lowest BCUT2D eigenvalue weighted by Crippen LogP contribution is -2.37. The third-order valence-electron chi connectivity index (χ3n) is 3.38. The van der Waals surface area contributed by atoms with Gasteiger partial charge in [-0.2, -0.15) is 0 Å². The van der Waals surface area contributed by atoms with E-state index in [2.05, 4.69) is 24.4 Å². The normalized spacial score (nSPS) is 19.9. The minimum atomic E-state index is 0.363. The standard InChI is InChI=1S/C13H22N2S/c1-10-7-8-13(16-10)12(9-14)15-11-5-3-2-4-6-11/h7-8,11-12,15H,2-6,9,14H2,1H3. The van der Waals surface area contributed by atoms with Crippen LogP contribution >= 0.6 is 11.3 Å². The van der Waals surface area contributed by atoms with E-state index in [-0.39, 0.29) is 0 Å². The smallest absolute Gasteiger partial charge is 0.0541 e. The molecule has 0 saturated heterocycles. The summed E-state index contributed by atoms with van der Waals surface area (Å²) in [6, 6.07) is 5.45. The summed E-state index contributed by atoms with van der Waals surface area (Å²) in [5.74, 6) is 0. The minimum Gasteiger partial charge on any atom is -0.329 e. The molecule has 0 radical (unpaired) electrons. The average molecular weight is 238 g/mol. The van der Waals surface area contributed by atoms with E-state index in [0.29, 0.717) is 18.6 Å². The van der Waals surface area contributed by atoms with Crippen molar-refractivity contribution in [2.75, 3.05) is 6.54 Å². The number of aryl methyl sites for hydroxylation is 1. The van der Waals surface area contributed by atoms with Gasteiger partial charge in [0.1, 0.15) is 0 Å². The molecule has 1 aliphatic rings. The highest BCUT2D eigenvalue weighted by Crippen LogP contribution is 2.25. The maximum Gasteiger partial charge on any atom is 0.0541 e. The second-order valence-electron chi connectivity index (χ2n) is 4.74. The molecule has 1 unspecified atom stereocenters. The van der Waals surface area contributed by atoms with Crippen molar-refractivity contribution in [1.82, 2.24) is 5.32 Å². The van der Waals surface area contributed by atoms with Gasteiger partial charge in [0.25, 0.3) is 0 Å². The molecule has 1 fully saturated rings. The Morgan fingerprint density at radius 2 is 2.12 bits per heavy atom. The molecule has 0 bridgehead atoms. The largest absolute Gasteiger partial charge is 0.329 e. The second kappa shape index (κ2) is 5.80. The van der Waals surface area contributed by atoms with Crippen molar-refractivity contribution >= 4 is 11.3 Å². The highest BCUT2D eigenvalue weighted by atomic mass is 32.1. The third-order valence-corrected chi connectivity index (χ3v) is 4.50. The van der Waals surface area contributed by atoms with Crippen LogP contribution < -0.4 is 11.1 Å². The molecule has 1 heterocycles. The zero-order valence-corrected chi connectivity index (χ0v) is 10.9. The van der Waals surface area contributed by atoms with E-state index in [9.17, 15) is 0 Å². The van der Waals surface area contributed by atoms with Crippen LogP contribution in [0.3, 0.4) is 0 Å². The van der Waals surface area contributed by atoms with Gasteiger partial charge in [-0.3, -0.25) is 0 Å². The van der Waals surface area contributed by atoms with Crippen LogP contribution in [-0.4, -0.2) is 12.6 Å². The van der Waals surface area contributed by atoms with Gasteiger partial charge < -0.3 is 11.1 Å². The molecule has 1 saturated carbocycles. The molecule has 0 spiro atoms. The molecule has 3 N–H and O–H groups in total. The SMILES string of the molecule is Cc1ccc(C(CN)NC2CCCCC2)s1. The number of hydrogen-bond acceptors (Lipinski definition) is 3. The molecule has 1 aromatic heterocycles. The molecular formula is C13H22N2S. The Hall–Kier alpha value is -0.380. The number of nitrogens with one attached hydrogen (secondary N) is 1. The maximum atomic E-state index is 5.88. The lowest BCUT2D eigenvalue weighted by Gasteiger charge is -2.27. The number of rotatable bonds is 4. The van der Waals surface area contributed by atoms with Gasteiger partial charge in [0.15, 0.2) is 0 Å². The van der Waals surface area contributed by atoms with Gasteiger partial charge in [-0.05, 0) is 31.9 Å². The third kappa shape index (κ3) is 3.06. The zero-order chi connectivity index (χ0) is 11.4. The molecule has 1 atom stereocenters. The van der Waals surface area contributed by atoms with Crippen LogP contribution in [0, 0.1) is 6.92 Å². The molecule has 2 nitrogen and oxygen atoms in total. The Kier molecular flexibility index (Phi) is 4.38. The number of thiophene rings is 1. The van der Waals surface area contributed by atoms with Gasteiger partial charge in [-0.25, -0.2) is 0 Å². The molecular weight excluding hydrogens is 216 g/mol. The van der Waals surface area contributed by atoms with Crippen LogP contribution in [0.1, 0.15) is 47.9 Å². The fourth-order valence-electron chi connectivity index (χ4n) is 2.46. The Labute approximate surface area is 102 Å². The van der Waals surface area contributed by atoms with Gasteiger partial charge in [-0.15, -0.1) is 11.3 Å². The summed E-state index contributed by atoms with van der Waals surface area (Å²) < 4.78 is 0. The van der Waals surface area contributed by atoms with Crippen LogP contribution in [0.25, 0.3) is 0 Å². The molecule has 1 aromatic rings. The monoisotopic (exact) mass is 238 g/mol. The van der Waals surface area contributed by atoms with Crippen LogP contribution in [0.4, 0.5) is 0 Å². The van der Waals surface area contributed by atoms with E-state index in [1.807, 2.05) is 11.3 Å². The molecule has 0 amide bonds.